The molecular formula is C11H15BrClNO2S. The Morgan fingerprint density at radius 3 is 2.53 bits per heavy atom. The Labute approximate surface area is 116 Å². The normalized spacial score (nSPS) is 14.0. The van der Waals surface area contributed by atoms with Crippen LogP contribution in [0.2, 0.25) is 5.02 Å². The molecule has 1 rings (SSSR count). The number of sulfonamides is 1. The molecule has 96 valence electrons. The van der Waals surface area contributed by atoms with Crippen LogP contribution in [0.3, 0.4) is 0 Å². The van der Waals surface area contributed by atoms with Crippen LogP contribution in [0.4, 0.5) is 0 Å². The Bertz CT molecular complexity index is 504. The summed E-state index contributed by atoms with van der Waals surface area (Å²) in [5, 5.41) is 0.496. The quantitative estimate of drug-likeness (QED) is 0.841. The van der Waals surface area contributed by atoms with E-state index in [0.717, 1.165) is 6.42 Å². The molecule has 0 fully saturated rings. The molecule has 6 heteroatoms. The lowest BCUT2D eigenvalue weighted by molar-refractivity contribution is 0.380. The maximum atomic E-state index is 12.3. The zero-order chi connectivity index (χ0) is 13.2. The van der Waals surface area contributed by atoms with Crippen LogP contribution in [0.15, 0.2) is 27.6 Å². The second kappa shape index (κ2) is 5.69. The molecule has 0 aromatic heterocycles. The van der Waals surface area contributed by atoms with Crippen molar-refractivity contribution in [2.45, 2.75) is 31.2 Å². The van der Waals surface area contributed by atoms with Crippen molar-refractivity contribution in [3.05, 3.63) is 27.7 Å². The largest absolute Gasteiger partial charge is 0.243 e. The first-order valence-electron chi connectivity index (χ1n) is 5.23. The van der Waals surface area contributed by atoms with E-state index in [0.29, 0.717) is 9.50 Å². The highest BCUT2D eigenvalue weighted by Crippen LogP contribution is 2.27. The van der Waals surface area contributed by atoms with E-state index in [-0.39, 0.29) is 10.9 Å². The monoisotopic (exact) mass is 339 g/mol. The van der Waals surface area contributed by atoms with Crippen molar-refractivity contribution in [2.24, 2.45) is 0 Å². The van der Waals surface area contributed by atoms with Crippen molar-refractivity contribution in [1.82, 2.24) is 4.31 Å². The molecule has 0 aliphatic heterocycles. The zero-order valence-electron chi connectivity index (χ0n) is 9.94. The third-order valence-corrected chi connectivity index (χ3v) is 5.96. The van der Waals surface area contributed by atoms with Crippen LogP contribution in [0.5, 0.6) is 0 Å². The lowest BCUT2D eigenvalue weighted by Crippen LogP contribution is -2.34. The van der Waals surface area contributed by atoms with E-state index in [1.807, 2.05) is 13.8 Å². The van der Waals surface area contributed by atoms with E-state index < -0.39 is 10.0 Å². The van der Waals surface area contributed by atoms with Crippen molar-refractivity contribution >= 4 is 37.6 Å². The van der Waals surface area contributed by atoms with Crippen LogP contribution >= 0.6 is 27.5 Å². The number of hydrogen-bond acceptors (Lipinski definition) is 2. The molecule has 1 aromatic carbocycles. The first-order chi connectivity index (χ1) is 7.80. The average Bonchev–Trinajstić information content (AvgIpc) is 2.30. The number of rotatable bonds is 4. The van der Waals surface area contributed by atoms with Gasteiger partial charge in [0.25, 0.3) is 0 Å². The fourth-order valence-electron chi connectivity index (χ4n) is 1.30. The molecule has 0 aliphatic carbocycles. The predicted molar refractivity (Wildman–Crippen MR) is 73.9 cm³/mol. The summed E-state index contributed by atoms with van der Waals surface area (Å²) in [5.74, 6) is 0. The van der Waals surface area contributed by atoms with E-state index in [1.54, 1.807) is 13.1 Å². The first-order valence-corrected chi connectivity index (χ1v) is 7.85. The Morgan fingerprint density at radius 1 is 1.47 bits per heavy atom. The highest BCUT2D eigenvalue weighted by atomic mass is 79.9. The number of nitrogens with zero attached hydrogens (tertiary/aromatic N) is 1. The summed E-state index contributed by atoms with van der Waals surface area (Å²) in [6.07, 6.45) is 0.768. The van der Waals surface area contributed by atoms with Crippen molar-refractivity contribution in [3.63, 3.8) is 0 Å². The summed E-state index contributed by atoms with van der Waals surface area (Å²) in [6, 6.07) is 4.58. The van der Waals surface area contributed by atoms with E-state index in [9.17, 15) is 8.42 Å². The standard InChI is InChI=1S/C11H15BrClNO2S/c1-4-8(2)14(3)17(15,16)9-5-6-11(13)10(12)7-9/h5-8H,4H2,1-3H3. The topological polar surface area (TPSA) is 37.4 Å². The summed E-state index contributed by atoms with van der Waals surface area (Å²) in [4.78, 5) is 0.247. The van der Waals surface area contributed by atoms with Crippen LogP contribution in [0, 0.1) is 0 Å². The van der Waals surface area contributed by atoms with E-state index >= 15 is 0 Å². The van der Waals surface area contributed by atoms with Crippen LogP contribution in [0.1, 0.15) is 20.3 Å². The van der Waals surface area contributed by atoms with Gasteiger partial charge < -0.3 is 0 Å². The molecule has 0 bridgehead atoms. The molecule has 0 saturated heterocycles. The maximum Gasteiger partial charge on any atom is 0.243 e. The van der Waals surface area contributed by atoms with Gasteiger partial charge in [-0.15, -0.1) is 0 Å². The molecule has 3 nitrogen and oxygen atoms in total. The third kappa shape index (κ3) is 3.22. The average molecular weight is 341 g/mol. The fourth-order valence-corrected chi connectivity index (χ4v) is 3.41. The molecular weight excluding hydrogens is 326 g/mol. The molecule has 0 saturated carbocycles. The Balaban J connectivity index is 3.17. The number of halogens is 2. The summed E-state index contributed by atoms with van der Waals surface area (Å²) >= 11 is 9.07. The molecule has 17 heavy (non-hydrogen) atoms. The van der Waals surface area contributed by atoms with Gasteiger partial charge in [0.2, 0.25) is 10.0 Å². The second-order valence-corrected chi connectivity index (χ2v) is 7.11. The predicted octanol–water partition coefficient (Wildman–Crippen LogP) is 3.52. The smallest absolute Gasteiger partial charge is 0.207 e. The SMILES string of the molecule is CCC(C)N(C)S(=O)(=O)c1ccc(Cl)c(Br)c1. The fraction of sp³-hybridized carbons (Fsp3) is 0.455. The number of benzene rings is 1. The summed E-state index contributed by atoms with van der Waals surface area (Å²) < 4.78 is 26.5. The van der Waals surface area contributed by atoms with Gasteiger partial charge in [-0.05, 0) is 47.5 Å². The van der Waals surface area contributed by atoms with Crippen molar-refractivity contribution in [2.75, 3.05) is 7.05 Å². The second-order valence-electron chi connectivity index (χ2n) is 3.85. The van der Waals surface area contributed by atoms with E-state index in [4.69, 9.17) is 11.6 Å². The molecule has 0 aliphatic rings. The molecule has 0 spiro atoms. The van der Waals surface area contributed by atoms with E-state index in [1.165, 1.54) is 16.4 Å². The maximum absolute atomic E-state index is 12.3. The third-order valence-electron chi connectivity index (χ3n) is 2.78. The molecule has 0 heterocycles. The highest BCUT2D eigenvalue weighted by molar-refractivity contribution is 9.10. The summed E-state index contributed by atoms with van der Waals surface area (Å²) in [7, 11) is -1.86. The summed E-state index contributed by atoms with van der Waals surface area (Å²) in [6.45, 7) is 3.83. The molecule has 0 N–H and O–H groups in total. The van der Waals surface area contributed by atoms with Gasteiger partial charge in [0.1, 0.15) is 0 Å². The Morgan fingerprint density at radius 2 is 2.06 bits per heavy atom. The molecule has 1 atom stereocenters. The minimum Gasteiger partial charge on any atom is -0.207 e. The van der Waals surface area contributed by atoms with Crippen LogP contribution in [-0.4, -0.2) is 25.8 Å². The molecule has 1 aromatic rings. The number of hydrogen-bond donors (Lipinski definition) is 0. The molecule has 1 unspecified atom stereocenters. The minimum absolute atomic E-state index is 0.0329. The Hall–Kier alpha value is -0.100. The van der Waals surface area contributed by atoms with Gasteiger partial charge >= 0.3 is 0 Å². The van der Waals surface area contributed by atoms with Gasteiger partial charge in [-0.2, -0.15) is 4.31 Å². The minimum atomic E-state index is -3.44. The van der Waals surface area contributed by atoms with Gasteiger partial charge in [0.15, 0.2) is 0 Å². The molecule has 0 amide bonds. The van der Waals surface area contributed by atoms with Crippen LogP contribution < -0.4 is 0 Å². The summed E-state index contributed by atoms with van der Waals surface area (Å²) in [5.41, 5.74) is 0. The lowest BCUT2D eigenvalue weighted by Gasteiger charge is -2.23. The van der Waals surface area contributed by atoms with Gasteiger partial charge in [-0.25, -0.2) is 8.42 Å². The van der Waals surface area contributed by atoms with Crippen LogP contribution in [0.25, 0.3) is 0 Å². The van der Waals surface area contributed by atoms with Crippen LogP contribution in [-0.2, 0) is 10.0 Å². The lowest BCUT2D eigenvalue weighted by atomic mass is 10.3. The van der Waals surface area contributed by atoms with Gasteiger partial charge in [-0.3, -0.25) is 0 Å². The first kappa shape index (κ1) is 15.0. The van der Waals surface area contributed by atoms with Crippen molar-refractivity contribution in [3.8, 4) is 0 Å². The van der Waals surface area contributed by atoms with Crippen molar-refractivity contribution < 1.29 is 8.42 Å². The van der Waals surface area contributed by atoms with Gasteiger partial charge in [0.05, 0.1) is 9.92 Å². The van der Waals surface area contributed by atoms with Crippen molar-refractivity contribution in [1.29, 1.82) is 0 Å². The van der Waals surface area contributed by atoms with E-state index in [2.05, 4.69) is 15.9 Å². The van der Waals surface area contributed by atoms with Gasteiger partial charge in [0, 0.05) is 17.6 Å². The highest BCUT2D eigenvalue weighted by Gasteiger charge is 2.24. The zero-order valence-corrected chi connectivity index (χ0v) is 13.1. The van der Waals surface area contributed by atoms with Gasteiger partial charge in [-0.1, -0.05) is 18.5 Å². The molecule has 0 radical (unpaired) electrons. The Kier molecular flexibility index (Phi) is 5.01.